The summed E-state index contributed by atoms with van der Waals surface area (Å²) in [5.41, 5.74) is 1.05. The van der Waals surface area contributed by atoms with E-state index < -0.39 is 0 Å². The predicted molar refractivity (Wildman–Crippen MR) is 43.8 cm³/mol. The van der Waals surface area contributed by atoms with Crippen LogP contribution in [0.5, 0.6) is 0 Å². The first-order chi connectivity index (χ1) is 5.18. The summed E-state index contributed by atoms with van der Waals surface area (Å²) < 4.78 is 12.6. The largest absolute Gasteiger partial charge is 1.00 e. The molecule has 0 spiro atoms. The summed E-state index contributed by atoms with van der Waals surface area (Å²) in [5, 5.41) is 0. The first kappa shape index (κ1) is 12.8. The van der Waals surface area contributed by atoms with Crippen molar-refractivity contribution in [1.82, 2.24) is 0 Å². The minimum atomic E-state index is -0.261. The van der Waals surface area contributed by atoms with E-state index in [1.807, 2.05) is 6.07 Å². The number of rotatable bonds is 2. The van der Waals surface area contributed by atoms with Gasteiger partial charge in [-0.15, -0.1) is 12.1 Å². The van der Waals surface area contributed by atoms with Crippen molar-refractivity contribution < 1.29 is 55.8 Å². The van der Waals surface area contributed by atoms with Crippen molar-refractivity contribution in [3.8, 4) is 0 Å². The van der Waals surface area contributed by atoms with E-state index in [0.29, 0.717) is 5.92 Å². The number of halogens is 1. The topological polar surface area (TPSA) is 0 Å². The van der Waals surface area contributed by atoms with E-state index in [2.05, 4.69) is 19.9 Å². The molecule has 0 bridgehead atoms. The summed E-state index contributed by atoms with van der Waals surface area (Å²) >= 11 is 0. The van der Waals surface area contributed by atoms with Crippen molar-refractivity contribution in [1.29, 1.82) is 0 Å². The molecule has 2 heteroatoms. The second-order valence-electron chi connectivity index (χ2n) is 3.14. The van der Waals surface area contributed by atoms with Crippen LogP contribution in [0, 0.1) is 17.8 Å². The molecule has 1 rings (SSSR count). The molecule has 0 saturated heterocycles. The predicted octanol–water partition coefficient (Wildman–Crippen LogP) is -0.172. The van der Waals surface area contributed by atoms with Gasteiger partial charge in [0.25, 0.3) is 0 Å². The Labute approximate surface area is 116 Å². The maximum atomic E-state index is 12.6. The number of hydrogen-bond donors (Lipinski definition) is 0. The van der Waals surface area contributed by atoms with Gasteiger partial charge in [-0.3, -0.25) is 0 Å². The maximum Gasteiger partial charge on any atom is 1.00 e. The van der Waals surface area contributed by atoms with E-state index in [1.54, 1.807) is 12.1 Å². The van der Waals surface area contributed by atoms with E-state index in [0.717, 1.165) is 12.0 Å². The quantitative estimate of drug-likeness (QED) is 0.449. The third-order valence-corrected chi connectivity index (χ3v) is 1.47. The van der Waals surface area contributed by atoms with Crippen LogP contribution in [0.25, 0.3) is 0 Å². The van der Waals surface area contributed by atoms with Gasteiger partial charge in [-0.1, -0.05) is 13.8 Å². The minimum absolute atomic E-state index is 0. The molecule has 0 fully saturated rings. The summed E-state index contributed by atoms with van der Waals surface area (Å²) in [7, 11) is 0. The van der Waals surface area contributed by atoms with Crippen LogP contribution >= 0.6 is 0 Å². The van der Waals surface area contributed by atoms with E-state index in [9.17, 15) is 4.39 Å². The molecule has 0 saturated carbocycles. The summed E-state index contributed by atoms with van der Waals surface area (Å²) in [5.74, 6) is 0.319. The Morgan fingerprint density at radius 1 is 1.50 bits per heavy atom. The van der Waals surface area contributed by atoms with Crippen LogP contribution in [0.2, 0.25) is 0 Å². The summed E-state index contributed by atoms with van der Waals surface area (Å²) in [6, 6.07) is 7.56. The molecule has 60 valence electrons. The summed E-state index contributed by atoms with van der Waals surface area (Å²) in [6.45, 7) is 4.24. The van der Waals surface area contributed by atoms with Gasteiger partial charge < -0.3 is 0 Å². The van der Waals surface area contributed by atoms with Crippen molar-refractivity contribution in [3.63, 3.8) is 0 Å². The Morgan fingerprint density at radius 2 is 2.17 bits per heavy atom. The molecule has 0 nitrogen and oxygen atoms in total. The van der Waals surface area contributed by atoms with Crippen LogP contribution < -0.4 is 51.4 Å². The number of benzene rings is 1. The zero-order chi connectivity index (χ0) is 8.27. The zero-order valence-electron chi connectivity index (χ0n) is 7.89. The van der Waals surface area contributed by atoms with Crippen molar-refractivity contribution in [2.45, 2.75) is 20.3 Å². The van der Waals surface area contributed by atoms with Gasteiger partial charge in [-0.25, -0.2) is 4.39 Å². The fraction of sp³-hybridized carbons (Fsp3) is 0.400. The van der Waals surface area contributed by atoms with Crippen LogP contribution in [0.4, 0.5) is 4.39 Å². The third-order valence-electron chi connectivity index (χ3n) is 1.47. The van der Waals surface area contributed by atoms with Gasteiger partial charge in [0, 0.05) is 5.82 Å². The molecule has 1 aromatic carbocycles. The summed E-state index contributed by atoms with van der Waals surface area (Å²) in [4.78, 5) is 0. The van der Waals surface area contributed by atoms with Gasteiger partial charge in [0.1, 0.15) is 0 Å². The van der Waals surface area contributed by atoms with Crippen LogP contribution in [-0.4, -0.2) is 0 Å². The van der Waals surface area contributed by atoms with Gasteiger partial charge in [0.2, 0.25) is 0 Å². The first-order valence-corrected chi connectivity index (χ1v) is 3.84. The minimum Gasteiger partial charge on any atom is -0.236 e. The second-order valence-corrected chi connectivity index (χ2v) is 3.14. The van der Waals surface area contributed by atoms with Gasteiger partial charge in [0.15, 0.2) is 0 Å². The van der Waals surface area contributed by atoms with E-state index in [4.69, 9.17) is 0 Å². The van der Waals surface area contributed by atoms with E-state index in [1.165, 1.54) is 0 Å². The normalized spacial score (nSPS) is 9.67. The standard InChI is InChI=1S/C10H12F.K/c1-8(2)6-9-4-3-5-10(11)7-9;/h3-4,7-8H,6H2,1-2H3;/q-1;+1. The average molecular weight is 190 g/mol. The molecular formula is C10H12FK. The van der Waals surface area contributed by atoms with Crippen LogP contribution in [-0.2, 0) is 6.42 Å². The Bertz CT molecular complexity index is 233. The first-order valence-electron chi connectivity index (χ1n) is 3.84. The molecule has 0 aliphatic heterocycles. The smallest absolute Gasteiger partial charge is 0.236 e. The molecule has 0 unspecified atom stereocenters. The molecule has 0 amide bonds. The SMILES string of the molecule is CC(C)Cc1cc[c-]c(F)c1.[K+]. The molecule has 0 heterocycles. The van der Waals surface area contributed by atoms with E-state index in [-0.39, 0.29) is 57.2 Å². The van der Waals surface area contributed by atoms with Crippen LogP contribution in [0.1, 0.15) is 19.4 Å². The molecule has 0 aliphatic rings. The third kappa shape index (κ3) is 4.72. The fourth-order valence-corrected chi connectivity index (χ4v) is 1.08. The van der Waals surface area contributed by atoms with Crippen molar-refractivity contribution in [2.75, 3.05) is 0 Å². The van der Waals surface area contributed by atoms with Crippen LogP contribution in [0.3, 0.4) is 0 Å². The van der Waals surface area contributed by atoms with Crippen LogP contribution in [0.15, 0.2) is 18.2 Å². The molecule has 12 heavy (non-hydrogen) atoms. The molecule has 0 atom stereocenters. The zero-order valence-corrected chi connectivity index (χ0v) is 11.0. The van der Waals surface area contributed by atoms with E-state index >= 15 is 0 Å². The Morgan fingerprint density at radius 3 is 2.67 bits per heavy atom. The Kier molecular flexibility index (Phi) is 6.68. The fourth-order valence-electron chi connectivity index (χ4n) is 1.08. The summed E-state index contributed by atoms with van der Waals surface area (Å²) in [6.07, 6.45) is 0.936. The number of hydrogen-bond acceptors (Lipinski definition) is 0. The molecule has 0 N–H and O–H groups in total. The monoisotopic (exact) mass is 190 g/mol. The van der Waals surface area contributed by atoms with Gasteiger partial charge in [0.05, 0.1) is 0 Å². The van der Waals surface area contributed by atoms with Gasteiger partial charge in [-0.05, 0) is 12.3 Å². The Balaban J connectivity index is 0.00000121. The molecule has 0 radical (unpaired) electrons. The van der Waals surface area contributed by atoms with Gasteiger partial charge >= 0.3 is 51.4 Å². The Hall–Kier alpha value is 0.786. The average Bonchev–Trinajstić information content (AvgIpc) is 1.85. The molecule has 0 aromatic heterocycles. The van der Waals surface area contributed by atoms with Crippen molar-refractivity contribution in [2.24, 2.45) is 5.92 Å². The molecular weight excluding hydrogens is 178 g/mol. The maximum absolute atomic E-state index is 12.6. The molecule has 1 aromatic rings. The van der Waals surface area contributed by atoms with Crippen molar-refractivity contribution >= 4 is 0 Å². The van der Waals surface area contributed by atoms with Gasteiger partial charge in [-0.2, -0.15) is 17.7 Å². The second kappa shape index (κ2) is 6.27. The van der Waals surface area contributed by atoms with Crippen molar-refractivity contribution in [3.05, 3.63) is 35.6 Å². The molecule has 0 aliphatic carbocycles.